The second-order valence-corrected chi connectivity index (χ2v) is 3.93. The first-order valence-corrected chi connectivity index (χ1v) is 5.85. The van der Waals surface area contributed by atoms with Gasteiger partial charge in [0.15, 0.2) is 0 Å². The number of hydrogen-bond donors (Lipinski definition) is 1. The van der Waals surface area contributed by atoms with Gasteiger partial charge in [-0.1, -0.05) is 6.07 Å². The van der Waals surface area contributed by atoms with Gasteiger partial charge in [-0.15, -0.1) is 0 Å². The molecule has 0 unspecified atom stereocenters. The maximum Gasteiger partial charge on any atom is 0.131 e. The second kappa shape index (κ2) is 5.91. The molecule has 2 N–H and O–H groups in total. The largest absolute Gasteiger partial charge is 0.497 e. The van der Waals surface area contributed by atoms with Crippen molar-refractivity contribution in [3.8, 4) is 11.5 Å². The van der Waals surface area contributed by atoms with Crippen LogP contribution in [0.2, 0.25) is 0 Å². The smallest absolute Gasteiger partial charge is 0.131 e. The Labute approximate surface area is 112 Å². The van der Waals surface area contributed by atoms with Crippen LogP contribution in [0.3, 0.4) is 0 Å². The van der Waals surface area contributed by atoms with Crippen molar-refractivity contribution in [3.63, 3.8) is 0 Å². The van der Waals surface area contributed by atoms with E-state index in [0.717, 1.165) is 22.7 Å². The van der Waals surface area contributed by atoms with Crippen molar-refractivity contribution in [1.29, 1.82) is 0 Å². The van der Waals surface area contributed by atoms with E-state index in [9.17, 15) is 0 Å². The van der Waals surface area contributed by atoms with E-state index in [1.54, 1.807) is 14.2 Å². The van der Waals surface area contributed by atoms with Crippen molar-refractivity contribution >= 4 is 11.5 Å². The fourth-order valence-corrected chi connectivity index (χ4v) is 1.65. The molecule has 2 rings (SSSR count). The van der Waals surface area contributed by atoms with Crippen molar-refractivity contribution < 1.29 is 9.47 Å². The van der Waals surface area contributed by atoms with Crippen LogP contribution >= 0.6 is 0 Å². The predicted octanol–water partition coefficient (Wildman–Crippen LogP) is 2.74. The van der Waals surface area contributed by atoms with Crippen LogP contribution in [0.25, 0.3) is 0 Å². The molecular weight excluding hydrogens is 240 g/mol. The number of benzene rings is 2. The molecule has 0 saturated carbocycles. The molecule has 0 aliphatic heterocycles. The van der Waals surface area contributed by atoms with E-state index >= 15 is 0 Å². The highest BCUT2D eigenvalue weighted by atomic mass is 16.5. The van der Waals surface area contributed by atoms with Crippen LogP contribution in [-0.4, -0.2) is 20.1 Å². The molecule has 0 aliphatic rings. The van der Waals surface area contributed by atoms with E-state index in [2.05, 4.69) is 4.99 Å². The van der Waals surface area contributed by atoms with Gasteiger partial charge in [0.1, 0.15) is 17.3 Å². The molecule has 0 bridgehead atoms. The Balaban J connectivity index is 2.25. The first-order chi connectivity index (χ1) is 9.22. The summed E-state index contributed by atoms with van der Waals surface area (Å²) in [6.45, 7) is 0. The molecule has 19 heavy (non-hydrogen) atoms. The first-order valence-electron chi connectivity index (χ1n) is 5.85. The maximum atomic E-state index is 5.98. The zero-order chi connectivity index (χ0) is 13.7. The molecule has 2 aromatic carbocycles. The van der Waals surface area contributed by atoms with Gasteiger partial charge in [-0.2, -0.15) is 0 Å². The van der Waals surface area contributed by atoms with Crippen molar-refractivity contribution in [3.05, 3.63) is 54.1 Å². The molecule has 4 nitrogen and oxygen atoms in total. The van der Waals surface area contributed by atoms with Crippen molar-refractivity contribution in [2.45, 2.75) is 0 Å². The third-order valence-electron chi connectivity index (χ3n) is 2.69. The number of rotatable bonds is 4. The van der Waals surface area contributed by atoms with Crippen molar-refractivity contribution in [2.75, 3.05) is 14.2 Å². The zero-order valence-electron chi connectivity index (χ0n) is 11.0. The number of methoxy groups -OCH3 is 2. The highest BCUT2D eigenvalue weighted by molar-refractivity contribution is 5.99. The van der Waals surface area contributed by atoms with E-state index in [0.29, 0.717) is 5.84 Å². The number of aliphatic imine (C=N–C) groups is 1. The number of ether oxygens (including phenoxy) is 2. The topological polar surface area (TPSA) is 56.8 Å². The zero-order valence-corrected chi connectivity index (χ0v) is 11.0. The van der Waals surface area contributed by atoms with Crippen LogP contribution in [0.1, 0.15) is 5.56 Å². The highest BCUT2D eigenvalue weighted by Gasteiger charge is 2.00. The summed E-state index contributed by atoms with van der Waals surface area (Å²) in [5.41, 5.74) is 7.59. The highest BCUT2D eigenvalue weighted by Crippen LogP contribution is 2.20. The lowest BCUT2D eigenvalue weighted by atomic mass is 10.2. The summed E-state index contributed by atoms with van der Waals surface area (Å²) in [5, 5.41) is 0. The molecule has 98 valence electrons. The molecule has 0 spiro atoms. The Morgan fingerprint density at radius 3 is 2.26 bits per heavy atom. The molecule has 4 heteroatoms. The molecule has 0 aliphatic carbocycles. The van der Waals surface area contributed by atoms with E-state index in [4.69, 9.17) is 15.2 Å². The summed E-state index contributed by atoms with van der Waals surface area (Å²) >= 11 is 0. The fourth-order valence-electron chi connectivity index (χ4n) is 1.65. The van der Waals surface area contributed by atoms with Gasteiger partial charge >= 0.3 is 0 Å². The normalized spacial score (nSPS) is 11.2. The van der Waals surface area contributed by atoms with Crippen molar-refractivity contribution in [1.82, 2.24) is 0 Å². The van der Waals surface area contributed by atoms with E-state index < -0.39 is 0 Å². The Hall–Kier alpha value is -2.49. The summed E-state index contributed by atoms with van der Waals surface area (Å²) in [5.74, 6) is 2.00. The summed E-state index contributed by atoms with van der Waals surface area (Å²) in [4.78, 5) is 4.37. The molecule has 0 aromatic heterocycles. The fraction of sp³-hybridized carbons (Fsp3) is 0.133. The molecule has 0 saturated heterocycles. The van der Waals surface area contributed by atoms with Crippen LogP contribution in [0.4, 0.5) is 5.69 Å². The number of nitrogens with zero attached hydrogens (tertiary/aromatic N) is 1. The molecule has 0 radical (unpaired) electrons. The quantitative estimate of drug-likeness (QED) is 0.676. The molecule has 2 aromatic rings. The van der Waals surface area contributed by atoms with Gasteiger partial charge < -0.3 is 15.2 Å². The van der Waals surface area contributed by atoms with Gasteiger partial charge in [-0.25, -0.2) is 4.99 Å². The molecular formula is C15H16N2O2. The second-order valence-electron chi connectivity index (χ2n) is 3.93. The summed E-state index contributed by atoms with van der Waals surface area (Å²) in [7, 11) is 3.25. The lowest BCUT2D eigenvalue weighted by Crippen LogP contribution is -2.12. The summed E-state index contributed by atoms with van der Waals surface area (Å²) in [6.07, 6.45) is 0. The predicted molar refractivity (Wildman–Crippen MR) is 76.4 cm³/mol. The van der Waals surface area contributed by atoms with E-state index in [1.807, 2.05) is 48.5 Å². The Bertz CT molecular complexity index is 577. The maximum absolute atomic E-state index is 5.98. The van der Waals surface area contributed by atoms with Gasteiger partial charge in [0.25, 0.3) is 0 Å². The van der Waals surface area contributed by atoms with Crippen LogP contribution < -0.4 is 15.2 Å². The minimum absolute atomic E-state index is 0.455. The van der Waals surface area contributed by atoms with Crippen LogP contribution in [0.15, 0.2) is 53.5 Å². The van der Waals surface area contributed by atoms with Crippen LogP contribution in [0, 0.1) is 0 Å². The molecule has 0 heterocycles. The molecule has 0 fully saturated rings. The van der Waals surface area contributed by atoms with E-state index in [-0.39, 0.29) is 0 Å². The molecule has 0 amide bonds. The van der Waals surface area contributed by atoms with Crippen LogP contribution in [-0.2, 0) is 0 Å². The van der Waals surface area contributed by atoms with Gasteiger partial charge in [0, 0.05) is 11.6 Å². The third-order valence-corrected chi connectivity index (χ3v) is 2.69. The lowest BCUT2D eigenvalue weighted by molar-refractivity contribution is 0.415. The van der Waals surface area contributed by atoms with Crippen molar-refractivity contribution in [2.24, 2.45) is 10.7 Å². The standard InChI is InChI=1S/C15H16N2O2/c1-18-13-8-6-11(7-9-13)15(16)17-12-4-3-5-14(10-12)19-2/h3-10H,1-2H3,(H2,16,17). The third kappa shape index (κ3) is 3.25. The van der Waals surface area contributed by atoms with Gasteiger partial charge in [0.05, 0.1) is 19.9 Å². The van der Waals surface area contributed by atoms with E-state index in [1.165, 1.54) is 0 Å². The number of nitrogens with two attached hydrogens (primary N) is 1. The molecule has 0 atom stereocenters. The minimum Gasteiger partial charge on any atom is -0.497 e. The average Bonchev–Trinajstić information content (AvgIpc) is 2.47. The minimum atomic E-state index is 0.455. The van der Waals surface area contributed by atoms with Gasteiger partial charge in [-0.3, -0.25) is 0 Å². The average molecular weight is 256 g/mol. The summed E-state index contributed by atoms with van der Waals surface area (Å²) < 4.78 is 10.2. The first kappa shape index (κ1) is 13.0. The van der Waals surface area contributed by atoms with Gasteiger partial charge in [0.2, 0.25) is 0 Å². The summed E-state index contributed by atoms with van der Waals surface area (Å²) in [6, 6.07) is 14.9. The SMILES string of the molecule is COc1ccc(C(N)=Nc2cccc(OC)c2)cc1. The number of amidine groups is 1. The van der Waals surface area contributed by atoms with Gasteiger partial charge in [-0.05, 0) is 36.4 Å². The Morgan fingerprint density at radius 1 is 0.947 bits per heavy atom. The monoisotopic (exact) mass is 256 g/mol. The van der Waals surface area contributed by atoms with Crippen LogP contribution in [0.5, 0.6) is 11.5 Å². The lowest BCUT2D eigenvalue weighted by Gasteiger charge is -2.04. The number of hydrogen-bond acceptors (Lipinski definition) is 3. The Kier molecular flexibility index (Phi) is 4.03. The Morgan fingerprint density at radius 2 is 1.63 bits per heavy atom.